The predicted octanol–water partition coefficient (Wildman–Crippen LogP) is 2.15. The average molecular weight is 246 g/mol. The van der Waals surface area contributed by atoms with Gasteiger partial charge in [0.05, 0.1) is 13.0 Å². The van der Waals surface area contributed by atoms with Gasteiger partial charge in [-0.3, -0.25) is 0 Å². The van der Waals surface area contributed by atoms with Crippen LogP contribution in [0.2, 0.25) is 0 Å². The fourth-order valence-electron chi connectivity index (χ4n) is 1.48. The van der Waals surface area contributed by atoms with E-state index in [2.05, 4.69) is 10.2 Å². The molecule has 94 valence electrons. The summed E-state index contributed by atoms with van der Waals surface area (Å²) in [4.78, 5) is 11.3. The van der Waals surface area contributed by atoms with Crippen LogP contribution in [0.4, 0.5) is 0 Å². The Morgan fingerprint density at radius 1 is 1.28 bits per heavy atom. The third-order valence-electron chi connectivity index (χ3n) is 2.39. The van der Waals surface area contributed by atoms with E-state index >= 15 is 0 Å². The van der Waals surface area contributed by atoms with Crippen molar-refractivity contribution in [1.82, 2.24) is 10.2 Å². The highest BCUT2D eigenvalue weighted by atomic mass is 16.5. The molecule has 0 radical (unpaired) electrons. The quantitative estimate of drug-likeness (QED) is 0.773. The number of hydrogen-bond acceptors (Lipinski definition) is 5. The van der Waals surface area contributed by atoms with Crippen LogP contribution in [0.3, 0.4) is 0 Å². The topological polar surface area (TPSA) is 65.2 Å². The van der Waals surface area contributed by atoms with E-state index < -0.39 is 5.97 Å². The van der Waals surface area contributed by atoms with Gasteiger partial charge in [0.15, 0.2) is 0 Å². The van der Waals surface area contributed by atoms with E-state index in [0.717, 1.165) is 5.56 Å². The minimum atomic E-state index is -0.583. The molecule has 5 heteroatoms. The zero-order chi connectivity index (χ0) is 13.0. The van der Waals surface area contributed by atoms with Gasteiger partial charge in [-0.25, -0.2) is 4.79 Å². The fraction of sp³-hybridized carbons (Fsp3) is 0.308. The monoisotopic (exact) mass is 246 g/mol. The number of aryl methyl sites for hydroxylation is 1. The Bertz CT molecular complexity index is 531. The van der Waals surface area contributed by atoms with E-state index in [9.17, 15) is 4.79 Å². The molecular weight excluding hydrogens is 232 g/mol. The smallest absolute Gasteiger partial charge is 0.396 e. The highest BCUT2D eigenvalue weighted by Crippen LogP contribution is 2.10. The molecule has 0 amide bonds. The summed E-state index contributed by atoms with van der Waals surface area (Å²) in [6.07, 6.45) is 0.507. The van der Waals surface area contributed by atoms with Crippen molar-refractivity contribution in [3.63, 3.8) is 0 Å². The fourth-order valence-corrected chi connectivity index (χ4v) is 1.48. The molecule has 0 bridgehead atoms. The van der Waals surface area contributed by atoms with Gasteiger partial charge in [0.2, 0.25) is 5.89 Å². The zero-order valence-electron chi connectivity index (χ0n) is 10.3. The van der Waals surface area contributed by atoms with E-state index in [0.29, 0.717) is 12.3 Å². The van der Waals surface area contributed by atoms with Gasteiger partial charge >= 0.3 is 11.9 Å². The molecule has 0 aliphatic heterocycles. The van der Waals surface area contributed by atoms with Crippen molar-refractivity contribution in [3.05, 3.63) is 47.2 Å². The van der Waals surface area contributed by atoms with Gasteiger partial charge in [-0.1, -0.05) is 29.8 Å². The summed E-state index contributed by atoms with van der Waals surface area (Å²) >= 11 is 0. The van der Waals surface area contributed by atoms with Crippen LogP contribution in [-0.2, 0) is 11.2 Å². The van der Waals surface area contributed by atoms with Gasteiger partial charge in [0, 0.05) is 0 Å². The Labute approximate surface area is 105 Å². The normalized spacial score (nSPS) is 10.3. The van der Waals surface area contributed by atoms with E-state index in [1.807, 2.05) is 31.2 Å². The van der Waals surface area contributed by atoms with Crippen molar-refractivity contribution in [2.45, 2.75) is 20.3 Å². The van der Waals surface area contributed by atoms with Crippen LogP contribution in [0.1, 0.15) is 34.6 Å². The molecule has 0 spiro atoms. The van der Waals surface area contributed by atoms with E-state index in [1.165, 1.54) is 5.56 Å². The van der Waals surface area contributed by atoms with E-state index in [4.69, 9.17) is 9.15 Å². The molecule has 0 N–H and O–H groups in total. The minimum absolute atomic E-state index is 0.0982. The Morgan fingerprint density at radius 3 is 2.67 bits per heavy atom. The number of aromatic nitrogens is 2. The molecule has 1 aromatic heterocycles. The molecule has 1 aromatic carbocycles. The maximum absolute atomic E-state index is 11.3. The molecule has 2 aromatic rings. The first-order chi connectivity index (χ1) is 8.69. The van der Waals surface area contributed by atoms with Gasteiger partial charge in [-0.2, -0.15) is 0 Å². The van der Waals surface area contributed by atoms with E-state index in [-0.39, 0.29) is 12.5 Å². The first kappa shape index (κ1) is 12.3. The summed E-state index contributed by atoms with van der Waals surface area (Å²) in [6, 6.07) is 8.00. The second kappa shape index (κ2) is 5.44. The van der Waals surface area contributed by atoms with Crippen molar-refractivity contribution in [2.24, 2.45) is 0 Å². The lowest BCUT2D eigenvalue weighted by molar-refractivity contribution is 0.0479. The van der Waals surface area contributed by atoms with Crippen LogP contribution < -0.4 is 0 Å². The SMILES string of the molecule is CCOC(=O)c1nnc(Cc2ccc(C)cc2)o1. The maximum Gasteiger partial charge on any atom is 0.396 e. The standard InChI is InChI=1S/C13H14N2O3/c1-3-17-13(16)12-15-14-11(18-12)8-10-6-4-9(2)5-7-10/h4-7H,3,8H2,1-2H3. The van der Waals surface area contributed by atoms with Crippen LogP contribution in [0.15, 0.2) is 28.7 Å². The van der Waals surface area contributed by atoms with Crippen LogP contribution in [0, 0.1) is 6.92 Å². The molecule has 0 saturated carbocycles. The lowest BCUT2D eigenvalue weighted by Gasteiger charge is -1.97. The maximum atomic E-state index is 11.3. The Morgan fingerprint density at radius 2 is 2.00 bits per heavy atom. The second-order valence-corrected chi connectivity index (χ2v) is 3.88. The summed E-state index contributed by atoms with van der Waals surface area (Å²) in [6.45, 7) is 4.03. The number of hydrogen-bond donors (Lipinski definition) is 0. The largest absolute Gasteiger partial charge is 0.459 e. The van der Waals surface area contributed by atoms with Gasteiger partial charge in [-0.05, 0) is 19.4 Å². The third-order valence-corrected chi connectivity index (χ3v) is 2.39. The molecular formula is C13H14N2O3. The molecule has 0 aliphatic rings. The highest BCUT2D eigenvalue weighted by Gasteiger charge is 2.15. The number of nitrogens with zero attached hydrogens (tertiary/aromatic N) is 2. The van der Waals surface area contributed by atoms with Gasteiger partial charge in [0.1, 0.15) is 0 Å². The Balaban J connectivity index is 2.06. The minimum Gasteiger partial charge on any atom is -0.459 e. The van der Waals surface area contributed by atoms with Crippen molar-refractivity contribution in [3.8, 4) is 0 Å². The zero-order valence-corrected chi connectivity index (χ0v) is 10.3. The molecule has 2 rings (SSSR count). The molecule has 5 nitrogen and oxygen atoms in total. The molecule has 1 heterocycles. The Hall–Kier alpha value is -2.17. The van der Waals surface area contributed by atoms with Crippen LogP contribution in [0.25, 0.3) is 0 Å². The molecule has 0 saturated heterocycles. The number of carbonyl (C=O) groups is 1. The number of esters is 1. The van der Waals surface area contributed by atoms with Gasteiger partial charge < -0.3 is 9.15 Å². The molecule has 0 fully saturated rings. The summed E-state index contributed by atoms with van der Waals surface area (Å²) in [5.74, 6) is -0.277. The number of rotatable bonds is 4. The first-order valence-corrected chi connectivity index (χ1v) is 5.74. The predicted molar refractivity (Wildman–Crippen MR) is 64.2 cm³/mol. The van der Waals surface area contributed by atoms with E-state index in [1.54, 1.807) is 6.92 Å². The lowest BCUT2D eigenvalue weighted by atomic mass is 10.1. The lowest BCUT2D eigenvalue weighted by Crippen LogP contribution is -2.04. The Kier molecular flexibility index (Phi) is 3.72. The first-order valence-electron chi connectivity index (χ1n) is 5.74. The highest BCUT2D eigenvalue weighted by molar-refractivity contribution is 5.83. The second-order valence-electron chi connectivity index (χ2n) is 3.88. The summed E-state index contributed by atoms with van der Waals surface area (Å²) < 4.78 is 10.0. The summed E-state index contributed by atoms with van der Waals surface area (Å²) in [5, 5.41) is 7.48. The van der Waals surface area contributed by atoms with Crippen molar-refractivity contribution in [1.29, 1.82) is 0 Å². The number of ether oxygens (including phenoxy) is 1. The third kappa shape index (κ3) is 2.94. The number of benzene rings is 1. The van der Waals surface area contributed by atoms with Crippen molar-refractivity contribution in [2.75, 3.05) is 6.61 Å². The van der Waals surface area contributed by atoms with Crippen molar-refractivity contribution < 1.29 is 13.9 Å². The van der Waals surface area contributed by atoms with Gasteiger partial charge in [-0.15, -0.1) is 10.2 Å². The van der Waals surface area contributed by atoms with Crippen molar-refractivity contribution >= 4 is 5.97 Å². The number of carbonyl (C=O) groups excluding carboxylic acids is 1. The molecule has 0 aliphatic carbocycles. The van der Waals surface area contributed by atoms with Crippen LogP contribution in [-0.4, -0.2) is 22.8 Å². The van der Waals surface area contributed by atoms with Gasteiger partial charge in [0.25, 0.3) is 0 Å². The van der Waals surface area contributed by atoms with Crippen LogP contribution >= 0.6 is 0 Å². The average Bonchev–Trinajstić information content (AvgIpc) is 2.81. The molecule has 18 heavy (non-hydrogen) atoms. The molecule has 0 atom stereocenters. The van der Waals surface area contributed by atoms with Crippen LogP contribution in [0.5, 0.6) is 0 Å². The summed E-state index contributed by atoms with van der Waals surface area (Å²) in [5.41, 5.74) is 2.25. The molecule has 0 unspecified atom stereocenters. The summed E-state index contributed by atoms with van der Waals surface area (Å²) in [7, 11) is 0.